The molecule has 88 heavy (non-hydrogen) atoms. The van der Waals surface area contributed by atoms with Gasteiger partial charge in [-0.3, -0.25) is 33.7 Å². The van der Waals surface area contributed by atoms with Crippen LogP contribution in [0.2, 0.25) is 0 Å². The molecular weight excluding hydrogens is 1140 g/mol. The standard InChI is InChI=1S/C63H94N8O17/c1-10-47(73)42(6)56-48(86-56)37-62(7,83)28-14-16-40(4)55-41(5)19-24-49(63(8,84-9)29-27-45(72)36-53(77)88-55)87-61(82)70-34-32-69(33-35-70)60(81)85-38-43-20-22-44(23-21-43)66-57(78)46(17-15-30-65-59(64)80)67-58(79)54(39(2)3)68-50(74)18-12-11-13-31-71-51(75)25-26-52(71)76/h14,16,19-26,28,39,41-42,45-49,54-56,72-73,83H,10-13,15,17-18,27,29-38H2,1-9H3,(H,66,78)(H,67,79)(H,68,74)(H3,64,65,80)/b24-19+,28-14+,40-16+/t41-,42+,45+,46-,47-,48+,49-,54-,55+,56+,62-,63+/m0/s1. The van der Waals surface area contributed by atoms with Crippen molar-refractivity contribution in [3.8, 4) is 0 Å². The maximum absolute atomic E-state index is 13.9. The van der Waals surface area contributed by atoms with Crippen molar-refractivity contribution in [1.82, 2.24) is 30.7 Å². The number of piperazine rings is 1. The Kier molecular flexibility index (Phi) is 27.6. The van der Waals surface area contributed by atoms with Crippen LogP contribution in [0.25, 0.3) is 0 Å². The molecule has 0 aromatic heterocycles. The molecule has 12 atom stereocenters. The van der Waals surface area contributed by atoms with Crippen molar-refractivity contribution in [2.24, 2.45) is 23.5 Å². The number of hydrogen-bond donors (Lipinski definition) is 8. The van der Waals surface area contributed by atoms with E-state index in [-0.39, 0.29) is 126 Å². The summed E-state index contributed by atoms with van der Waals surface area (Å²) in [5.74, 6) is -3.75. The Bertz CT molecular complexity index is 2670. The zero-order chi connectivity index (χ0) is 64.9. The van der Waals surface area contributed by atoms with Crippen LogP contribution < -0.4 is 27.0 Å². The summed E-state index contributed by atoms with van der Waals surface area (Å²) < 4.78 is 29.5. The molecule has 9 N–H and O–H groups in total. The molecule has 25 heteroatoms. The number of amides is 9. The molecule has 0 aliphatic carbocycles. The van der Waals surface area contributed by atoms with E-state index in [0.29, 0.717) is 48.9 Å². The van der Waals surface area contributed by atoms with Crippen molar-refractivity contribution >= 4 is 59.4 Å². The van der Waals surface area contributed by atoms with Crippen LogP contribution in [-0.2, 0) is 59.1 Å². The van der Waals surface area contributed by atoms with E-state index in [4.69, 9.17) is 29.4 Å². The number of ether oxygens (including phenoxy) is 5. The lowest BCUT2D eigenvalue weighted by Crippen LogP contribution is -2.54. The number of esters is 1. The Morgan fingerprint density at radius 1 is 0.920 bits per heavy atom. The Balaban J connectivity index is 1.12. The number of allylic oxidation sites excluding steroid dienone is 2. The summed E-state index contributed by atoms with van der Waals surface area (Å²) in [5.41, 5.74) is 4.49. The Labute approximate surface area is 516 Å². The Hall–Kier alpha value is -7.19. The molecule has 0 spiro atoms. The van der Waals surface area contributed by atoms with Gasteiger partial charge in [-0.2, -0.15) is 0 Å². The number of epoxide rings is 1. The number of benzene rings is 1. The minimum Gasteiger partial charge on any atom is -0.457 e. The van der Waals surface area contributed by atoms with Gasteiger partial charge in [-0.15, -0.1) is 0 Å². The van der Waals surface area contributed by atoms with Gasteiger partial charge >= 0.3 is 24.2 Å². The fourth-order valence-electron chi connectivity index (χ4n) is 10.6. The number of nitrogens with zero attached hydrogens (tertiary/aromatic N) is 3. The van der Waals surface area contributed by atoms with E-state index in [9.17, 15) is 58.5 Å². The van der Waals surface area contributed by atoms with Gasteiger partial charge in [0.15, 0.2) is 6.10 Å². The van der Waals surface area contributed by atoms with E-state index >= 15 is 0 Å². The third kappa shape index (κ3) is 22.4. The summed E-state index contributed by atoms with van der Waals surface area (Å²) in [6, 6.07) is 3.69. The predicted molar refractivity (Wildman–Crippen MR) is 324 cm³/mol. The zero-order valence-corrected chi connectivity index (χ0v) is 52.4. The molecule has 1 aromatic rings. The average Bonchev–Trinajstić information content (AvgIpc) is 1.84. The molecule has 2 fully saturated rings. The van der Waals surface area contributed by atoms with Crippen molar-refractivity contribution < 1.29 is 82.2 Å². The first kappa shape index (κ1) is 71.6. The van der Waals surface area contributed by atoms with Crippen LogP contribution in [0.4, 0.5) is 20.1 Å². The van der Waals surface area contributed by atoms with Gasteiger partial charge in [0, 0.05) is 88.9 Å². The Morgan fingerprint density at radius 2 is 1.58 bits per heavy atom. The number of nitrogens with two attached hydrogens (primary N) is 1. The lowest BCUT2D eigenvalue weighted by molar-refractivity contribution is -0.151. The van der Waals surface area contributed by atoms with Gasteiger partial charge in [0.25, 0.3) is 11.8 Å². The second-order valence-electron chi connectivity index (χ2n) is 24.1. The van der Waals surface area contributed by atoms with Crippen LogP contribution in [0, 0.1) is 17.8 Å². The number of aliphatic hydroxyl groups is 3. The lowest BCUT2D eigenvalue weighted by Gasteiger charge is -2.38. The molecule has 0 bridgehead atoms. The SMILES string of the molecule is CC[C@H](O)[C@@H](C)[C@H]1O[C@@H]1C[C@@](C)(O)/C=C/C=C(\C)[C@H]1OC(=O)C[C@H](O)CC[C@@](C)(OC)[C@@H](OC(=O)N2CCN(C(=O)OCc3ccc(NC(=O)[C@H](CCCNC(N)=O)NC(=O)[C@@H](NC(=O)CCCCCN4C(=O)C=CC4=O)C(C)C)cc3)CC2)/C=C/[C@@H]1C. The largest absolute Gasteiger partial charge is 0.457 e. The number of methoxy groups -OCH3 is 1. The van der Waals surface area contributed by atoms with Crippen LogP contribution in [-0.4, -0.2) is 190 Å². The highest BCUT2D eigenvalue weighted by Crippen LogP contribution is 2.38. The number of carbonyl (C=O) groups is 9. The molecule has 0 saturated carbocycles. The van der Waals surface area contributed by atoms with Crippen molar-refractivity contribution in [3.63, 3.8) is 0 Å². The summed E-state index contributed by atoms with van der Waals surface area (Å²) >= 11 is 0. The summed E-state index contributed by atoms with van der Waals surface area (Å²) in [7, 11) is 1.48. The number of urea groups is 1. The summed E-state index contributed by atoms with van der Waals surface area (Å²) in [5, 5.41) is 43.2. The monoisotopic (exact) mass is 1230 g/mol. The van der Waals surface area contributed by atoms with Crippen LogP contribution in [0.3, 0.4) is 0 Å². The first-order valence-electron chi connectivity index (χ1n) is 30.6. The number of anilines is 1. The van der Waals surface area contributed by atoms with Crippen LogP contribution in [0.5, 0.6) is 0 Å². The number of nitrogens with one attached hydrogen (secondary N) is 4. The minimum atomic E-state index is -1.23. The van der Waals surface area contributed by atoms with E-state index in [1.54, 1.807) is 89.3 Å². The smallest absolute Gasteiger partial charge is 0.410 e. The number of cyclic esters (lactones) is 1. The lowest BCUT2D eigenvalue weighted by atomic mass is 9.88. The van der Waals surface area contributed by atoms with Gasteiger partial charge in [-0.05, 0) is 101 Å². The number of imide groups is 1. The van der Waals surface area contributed by atoms with Crippen LogP contribution >= 0.6 is 0 Å². The molecule has 1 aromatic carbocycles. The van der Waals surface area contributed by atoms with Gasteiger partial charge in [0.05, 0.1) is 36.4 Å². The number of rotatable bonds is 28. The van der Waals surface area contributed by atoms with Gasteiger partial charge in [-0.1, -0.05) is 77.5 Å². The van der Waals surface area contributed by atoms with Crippen molar-refractivity contribution in [2.45, 2.75) is 193 Å². The number of carbonyl (C=O) groups excluding carboxylic acids is 9. The van der Waals surface area contributed by atoms with E-state index in [2.05, 4.69) is 21.3 Å². The molecule has 4 heterocycles. The maximum atomic E-state index is 13.9. The third-order valence-corrected chi connectivity index (χ3v) is 16.5. The van der Waals surface area contributed by atoms with E-state index in [1.807, 2.05) is 20.8 Å². The van der Waals surface area contributed by atoms with E-state index in [0.717, 1.165) is 4.90 Å². The fraction of sp³-hybridized carbons (Fsp3) is 0.635. The highest BCUT2D eigenvalue weighted by Gasteiger charge is 2.47. The first-order chi connectivity index (χ1) is 41.6. The topological polar surface area (TPSA) is 348 Å². The normalized spacial score (nSPS) is 25.1. The second-order valence-corrected chi connectivity index (χ2v) is 24.1. The number of hydrogen-bond acceptors (Lipinski definition) is 17. The minimum absolute atomic E-state index is 0.0613. The highest BCUT2D eigenvalue weighted by molar-refractivity contribution is 6.12. The van der Waals surface area contributed by atoms with E-state index < -0.39 is 89.6 Å². The molecule has 5 rings (SSSR count). The van der Waals surface area contributed by atoms with Crippen LogP contribution in [0.15, 0.2) is 72.4 Å². The first-order valence-corrected chi connectivity index (χ1v) is 30.6. The highest BCUT2D eigenvalue weighted by atomic mass is 16.6. The quantitative estimate of drug-likeness (QED) is 0.0106. The third-order valence-electron chi connectivity index (χ3n) is 16.5. The molecular formula is C63H94N8O17. The van der Waals surface area contributed by atoms with Crippen molar-refractivity contribution in [1.29, 1.82) is 0 Å². The number of unbranched alkanes of at least 4 members (excludes halogenated alkanes) is 2. The van der Waals surface area contributed by atoms with Crippen molar-refractivity contribution in [3.05, 3.63) is 77.9 Å². The second kappa shape index (κ2) is 34.0. The molecule has 0 radical (unpaired) electrons. The molecule has 4 aliphatic heterocycles. The van der Waals surface area contributed by atoms with Gasteiger partial charge in [-0.25, -0.2) is 14.4 Å². The van der Waals surface area contributed by atoms with Gasteiger partial charge in [0.1, 0.15) is 30.4 Å². The average molecular weight is 1240 g/mol. The molecule has 25 nitrogen and oxygen atoms in total. The van der Waals surface area contributed by atoms with Crippen LogP contribution in [0.1, 0.15) is 132 Å². The van der Waals surface area contributed by atoms with Gasteiger partial charge < -0.3 is 75.8 Å². The molecule has 9 amide bonds. The predicted octanol–water partition coefficient (Wildman–Crippen LogP) is 4.82. The Morgan fingerprint density at radius 3 is 2.20 bits per heavy atom. The van der Waals surface area contributed by atoms with Crippen molar-refractivity contribution in [2.75, 3.05) is 51.7 Å². The maximum Gasteiger partial charge on any atom is 0.410 e. The molecule has 2 saturated heterocycles. The molecule has 4 aliphatic rings. The zero-order valence-electron chi connectivity index (χ0n) is 52.4. The number of primary amides is 1. The van der Waals surface area contributed by atoms with E-state index in [1.165, 1.54) is 29.1 Å². The van der Waals surface area contributed by atoms with Gasteiger partial charge in [0.2, 0.25) is 17.7 Å². The fourth-order valence-corrected chi connectivity index (χ4v) is 10.6. The summed E-state index contributed by atoms with van der Waals surface area (Å²) in [6.07, 6.45) is 9.09. The number of aliphatic hydroxyl groups excluding tert-OH is 2. The summed E-state index contributed by atoms with van der Waals surface area (Å²) in [6.45, 7) is 15.2. The molecule has 488 valence electrons. The summed E-state index contributed by atoms with van der Waals surface area (Å²) in [4.78, 5) is 120. The molecule has 0 unspecified atom stereocenters.